The van der Waals surface area contributed by atoms with Crippen LogP contribution < -0.4 is 4.90 Å². The van der Waals surface area contributed by atoms with Crippen molar-refractivity contribution in [1.82, 2.24) is 0 Å². The van der Waals surface area contributed by atoms with Crippen molar-refractivity contribution in [3.63, 3.8) is 0 Å². The van der Waals surface area contributed by atoms with E-state index in [4.69, 9.17) is 23.2 Å². The minimum Gasteiger partial charge on any atom is -0.315 e. The summed E-state index contributed by atoms with van der Waals surface area (Å²) in [5.41, 5.74) is 3.17. The van der Waals surface area contributed by atoms with Crippen LogP contribution in [0.5, 0.6) is 0 Å². The van der Waals surface area contributed by atoms with E-state index in [0.717, 1.165) is 22.5 Å². The highest BCUT2D eigenvalue weighted by atomic mass is 35.5. The van der Waals surface area contributed by atoms with Crippen molar-refractivity contribution in [2.75, 3.05) is 11.9 Å². The highest BCUT2D eigenvalue weighted by Gasteiger charge is 2.23. The molecule has 20 heavy (non-hydrogen) atoms. The Kier molecular flexibility index (Phi) is 3.76. The summed E-state index contributed by atoms with van der Waals surface area (Å²) in [6.45, 7) is 0. The Balaban J connectivity index is 1.97. The minimum atomic E-state index is -0.240. The number of halogens is 2. The fourth-order valence-corrected chi connectivity index (χ4v) is 4.10. The number of hydrogen-bond acceptors (Lipinski definition) is 2. The Bertz CT molecular complexity index is 668. The van der Waals surface area contributed by atoms with E-state index in [2.05, 4.69) is 6.07 Å². The van der Waals surface area contributed by atoms with E-state index in [9.17, 15) is 4.79 Å². The van der Waals surface area contributed by atoms with Gasteiger partial charge in [0.15, 0.2) is 0 Å². The molecule has 1 unspecified atom stereocenters. The Morgan fingerprint density at radius 3 is 2.80 bits per heavy atom. The van der Waals surface area contributed by atoms with Crippen molar-refractivity contribution in [2.45, 2.75) is 18.2 Å². The zero-order valence-corrected chi connectivity index (χ0v) is 13.2. The normalized spacial score (nSPS) is 16.1. The third-order valence-electron chi connectivity index (χ3n) is 3.61. The summed E-state index contributed by atoms with van der Waals surface area (Å²) >= 11 is 14.2. The molecule has 0 aliphatic carbocycles. The molecule has 0 saturated heterocycles. The lowest BCUT2D eigenvalue weighted by molar-refractivity contribution is -0.118. The molecule has 1 aliphatic rings. The van der Waals surface area contributed by atoms with Crippen LogP contribution in [0.4, 0.5) is 5.69 Å². The van der Waals surface area contributed by atoms with Gasteiger partial charge in [-0.05, 0) is 35.1 Å². The van der Waals surface area contributed by atoms with Gasteiger partial charge in [0.1, 0.15) is 0 Å². The molecule has 0 radical (unpaired) electrons. The first-order valence-corrected chi connectivity index (χ1v) is 8.03. The summed E-state index contributed by atoms with van der Waals surface area (Å²) in [6.07, 6.45) is 1.33. The van der Waals surface area contributed by atoms with E-state index in [1.165, 1.54) is 5.56 Å². The van der Waals surface area contributed by atoms with Crippen LogP contribution in [-0.2, 0) is 11.2 Å². The first-order valence-electron chi connectivity index (χ1n) is 6.34. The lowest BCUT2D eigenvalue weighted by Crippen LogP contribution is -2.31. The van der Waals surface area contributed by atoms with E-state index >= 15 is 0 Å². The number of hydrogen-bond donors (Lipinski definition) is 0. The molecule has 1 amide bonds. The fourth-order valence-electron chi connectivity index (χ4n) is 2.47. The molecule has 104 valence electrons. The number of rotatable bonds is 2. The Morgan fingerprint density at radius 1 is 1.30 bits per heavy atom. The highest BCUT2D eigenvalue weighted by molar-refractivity contribution is 7.11. The van der Waals surface area contributed by atoms with Crippen molar-refractivity contribution >= 4 is 46.1 Å². The van der Waals surface area contributed by atoms with Crippen molar-refractivity contribution < 1.29 is 4.79 Å². The maximum atomic E-state index is 11.7. The quantitative estimate of drug-likeness (QED) is 0.736. The van der Waals surface area contributed by atoms with Crippen molar-refractivity contribution in [1.29, 1.82) is 0 Å². The van der Waals surface area contributed by atoms with Crippen LogP contribution >= 0.6 is 34.5 Å². The molecule has 0 bridgehead atoms. The second-order valence-corrected chi connectivity index (χ2v) is 6.63. The van der Waals surface area contributed by atoms with Gasteiger partial charge in [0.05, 0.1) is 10.4 Å². The highest BCUT2D eigenvalue weighted by Crippen LogP contribution is 2.39. The van der Waals surface area contributed by atoms with Gasteiger partial charge in [0.2, 0.25) is 5.91 Å². The summed E-state index contributed by atoms with van der Waals surface area (Å²) in [7, 11) is 1.81. The molecule has 3 rings (SSSR count). The molecule has 1 aromatic carbocycles. The van der Waals surface area contributed by atoms with Crippen molar-refractivity contribution in [3.05, 3.63) is 50.7 Å². The molecule has 0 saturated carbocycles. The summed E-state index contributed by atoms with van der Waals surface area (Å²) in [4.78, 5) is 14.4. The van der Waals surface area contributed by atoms with E-state index < -0.39 is 0 Å². The largest absolute Gasteiger partial charge is 0.315 e. The molecular weight excluding hydrogens is 313 g/mol. The predicted octanol–water partition coefficient (Wildman–Crippen LogP) is 4.64. The van der Waals surface area contributed by atoms with Gasteiger partial charge < -0.3 is 4.90 Å². The van der Waals surface area contributed by atoms with Gasteiger partial charge in [-0.3, -0.25) is 4.79 Å². The van der Waals surface area contributed by atoms with Crippen molar-refractivity contribution in [3.8, 4) is 0 Å². The molecule has 2 nitrogen and oxygen atoms in total. The van der Waals surface area contributed by atoms with E-state index in [-0.39, 0.29) is 11.3 Å². The number of carbonyl (C=O) groups is 1. The SMILES string of the molecule is CN1C(=O)CCc2cc(C(Cl)c3sccc3Cl)ccc21. The maximum Gasteiger partial charge on any atom is 0.227 e. The molecular formula is C15H13Cl2NOS. The number of nitrogens with zero attached hydrogens (tertiary/aromatic N) is 1. The van der Waals surface area contributed by atoms with Crippen LogP contribution in [0.1, 0.15) is 27.8 Å². The van der Waals surface area contributed by atoms with Crippen LogP contribution in [0.25, 0.3) is 0 Å². The Labute approximate surface area is 131 Å². The van der Waals surface area contributed by atoms with Gasteiger partial charge in [-0.2, -0.15) is 0 Å². The number of alkyl halides is 1. The van der Waals surface area contributed by atoms with E-state index in [1.54, 1.807) is 16.2 Å². The van der Waals surface area contributed by atoms with Crippen molar-refractivity contribution in [2.24, 2.45) is 0 Å². The third kappa shape index (κ3) is 2.34. The average molecular weight is 326 g/mol. The number of amides is 1. The molecule has 2 aromatic rings. The number of aryl methyl sites for hydroxylation is 1. The second kappa shape index (κ2) is 5.40. The summed E-state index contributed by atoms with van der Waals surface area (Å²) in [5.74, 6) is 0.161. The molecule has 1 aromatic heterocycles. The van der Waals surface area contributed by atoms with Crippen LogP contribution in [-0.4, -0.2) is 13.0 Å². The smallest absolute Gasteiger partial charge is 0.227 e. The molecule has 0 spiro atoms. The first-order chi connectivity index (χ1) is 9.58. The average Bonchev–Trinajstić information content (AvgIpc) is 2.88. The molecule has 1 aliphatic heterocycles. The van der Waals surface area contributed by atoms with Crippen LogP contribution in [0.15, 0.2) is 29.6 Å². The maximum absolute atomic E-state index is 11.7. The Hall–Kier alpha value is -1.03. The standard InChI is InChI=1S/C15H13Cl2NOS/c1-18-12-4-2-10(8-9(12)3-5-13(18)19)14(17)15-11(16)6-7-20-15/h2,4,6-8,14H,3,5H2,1H3. The van der Waals surface area contributed by atoms with Gasteiger partial charge in [-0.1, -0.05) is 23.7 Å². The molecule has 1 atom stereocenters. The zero-order chi connectivity index (χ0) is 14.3. The fraction of sp³-hybridized carbons (Fsp3) is 0.267. The molecule has 2 heterocycles. The minimum absolute atomic E-state index is 0.161. The number of fused-ring (bicyclic) bond motifs is 1. The summed E-state index contributed by atoms with van der Waals surface area (Å²) in [6, 6.07) is 7.90. The van der Waals surface area contributed by atoms with Gasteiger partial charge in [-0.15, -0.1) is 22.9 Å². The lowest BCUT2D eigenvalue weighted by Gasteiger charge is -2.26. The monoisotopic (exact) mass is 325 g/mol. The third-order valence-corrected chi connectivity index (χ3v) is 5.64. The van der Waals surface area contributed by atoms with Crippen LogP contribution in [0.2, 0.25) is 5.02 Å². The number of anilines is 1. The second-order valence-electron chi connectivity index (χ2n) is 4.84. The summed E-state index contributed by atoms with van der Waals surface area (Å²) < 4.78 is 0. The molecule has 0 fully saturated rings. The molecule has 0 N–H and O–H groups in total. The van der Waals surface area contributed by atoms with Gasteiger partial charge in [0.25, 0.3) is 0 Å². The molecule has 5 heteroatoms. The van der Waals surface area contributed by atoms with Crippen LogP contribution in [0.3, 0.4) is 0 Å². The number of carbonyl (C=O) groups excluding carboxylic acids is 1. The number of thiophene rings is 1. The van der Waals surface area contributed by atoms with Gasteiger partial charge in [0, 0.05) is 24.0 Å². The van der Waals surface area contributed by atoms with E-state index in [0.29, 0.717) is 11.4 Å². The number of benzene rings is 1. The Morgan fingerprint density at radius 2 is 2.10 bits per heavy atom. The first kappa shape index (κ1) is 13.9. The summed E-state index contributed by atoms with van der Waals surface area (Å²) in [5, 5.41) is 2.41. The van der Waals surface area contributed by atoms with E-state index in [1.807, 2.05) is 30.6 Å². The van der Waals surface area contributed by atoms with Gasteiger partial charge in [-0.25, -0.2) is 0 Å². The topological polar surface area (TPSA) is 20.3 Å². The van der Waals surface area contributed by atoms with Crippen LogP contribution in [0, 0.1) is 0 Å². The predicted molar refractivity (Wildman–Crippen MR) is 85.2 cm³/mol. The lowest BCUT2D eigenvalue weighted by atomic mass is 9.97. The zero-order valence-electron chi connectivity index (χ0n) is 10.9. The van der Waals surface area contributed by atoms with Gasteiger partial charge >= 0.3 is 0 Å².